The number of carbonyl (C=O) groups excluding carboxylic acids is 1. The molecule has 0 aromatic heterocycles. The number of rotatable bonds is 5. The number of benzene rings is 1. The minimum Gasteiger partial charge on any atom is -0.497 e. The molecule has 0 saturated carbocycles. The lowest BCUT2D eigenvalue weighted by Crippen LogP contribution is -2.41. The summed E-state index contributed by atoms with van der Waals surface area (Å²) < 4.78 is 5.19. The number of amides is 1. The van der Waals surface area contributed by atoms with Gasteiger partial charge < -0.3 is 14.5 Å². The lowest BCUT2D eigenvalue weighted by molar-refractivity contribution is -0.132. The summed E-state index contributed by atoms with van der Waals surface area (Å²) in [5.74, 6) is 2.00. The van der Waals surface area contributed by atoms with Crippen LogP contribution in [0, 0.1) is 0 Å². The van der Waals surface area contributed by atoms with Crippen LogP contribution in [0.15, 0.2) is 24.3 Å². The number of methoxy groups -OCH3 is 1. The van der Waals surface area contributed by atoms with Crippen LogP contribution in [0.2, 0.25) is 0 Å². The Morgan fingerprint density at radius 3 is 2.65 bits per heavy atom. The normalized spacial score (nSPS) is 19.5. The van der Waals surface area contributed by atoms with E-state index in [0.717, 1.165) is 24.6 Å². The maximum Gasteiger partial charge on any atom is 0.224 e. The first-order chi connectivity index (χ1) is 9.61. The van der Waals surface area contributed by atoms with E-state index in [-0.39, 0.29) is 11.3 Å². The Bertz CT molecular complexity index is 448. The molecule has 20 heavy (non-hydrogen) atoms. The highest BCUT2D eigenvalue weighted by Gasteiger charge is 2.29. The quantitative estimate of drug-likeness (QED) is 0.833. The molecule has 1 aliphatic rings. The molecule has 0 N–H and O–H groups in total. The Morgan fingerprint density at radius 1 is 1.35 bits per heavy atom. The molecule has 1 unspecified atom stereocenters. The fraction of sp³-hybridized carbons (Fsp3) is 0.533. The first kappa shape index (κ1) is 15.2. The second-order valence-corrected chi connectivity index (χ2v) is 6.32. The maximum absolute atomic E-state index is 12.2. The summed E-state index contributed by atoms with van der Waals surface area (Å²) in [5, 5.41) is 0.127. The van der Waals surface area contributed by atoms with Crippen LogP contribution in [0.5, 0.6) is 5.75 Å². The van der Waals surface area contributed by atoms with Gasteiger partial charge in [-0.15, -0.1) is 11.8 Å². The molecule has 1 fully saturated rings. The molecule has 0 spiro atoms. The van der Waals surface area contributed by atoms with Crippen molar-refractivity contribution in [3.63, 3.8) is 0 Å². The molecule has 0 bridgehead atoms. The molecular weight excluding hydrogens is 272 g/mol. The van der Waals surface area contributed by atoms with Gasteiger partial charge in [0.1, 0.15) is 11.1 Å². The fourth-order valence-electron chi connectivity index (χ4n) is 2.22. The van der Waals surface area contributed by atoms with E-state index in [1.54, 1.807) is 7.11 Å². The van der Waals surface area contributed by atoms with E-state index >= 15 is 0 Å². The van der Waals surface area contributed by atoms with Crippen molar-refractivity contribution in [1.82, 2.24) is 9.80 Å². The summed E-state index contributed by atoms with van der Waals surface area (Å²) >= 11 is 1.84. The van der Waals surface area contributed by atoms with Gasteiger partial charge in [-0.1, -0.05) is 12.1 Å². The molecule has 110 valence electrons. The Labute approximate surface area is 125 Å². The van der Waals surface area contributed by atoms with Gasteiger partial charge in [-0.25, -0.2) is 0 Å². The van der Waals surface area contributed by atoms with Gasteiger partial charge in [-0.3, -0.25) is 4.79 Å². The second kappa shape index (κ2) is 6.99. The van der Waals surface area contributed by atoms with Crippen molar-refractivity contribution in [3.8, 4) is 5.75 Å². The monoisotopic (exact) mass is 294 g/mol. The molecular formula is C15H22N2O2S. The number of hydrogen-bond acceptors (Lipinski definition) is 4. The summed E-state index contributed by atoms with van der Waals surface area (Å²) in [6, 6.07) is 8.02. The highest BCUT2D eigenvalue weighted by molar-refractivity contribution is 7.99. The van der Waals surface area contributed by atoms with Crippen LogP contribution in [-0.2, 0) is 4.79 Å². The number of carbonyl (C=O) groups is 1. The van der Waals surface area contributed by atoms with E-state index < -0.39 is 0 Å². The third kappa shape index (κ3) is 3.67. The fourth-order valence-corrected chi connectivity index (χ4v) is 3.48. The first-order valence-electron chi connectivity index (χ1n) is 6.81. The van der Waals surface area contributed by atoms with E-state index in [1.807, 2.05) is 42.9 Å². The average Bonchev–Trinajstić information content (AvgIpc) is 2.45. The van der Waals surface area contributed by atoms with Crippen molar-refractivity contribution in [2.24, 2.45) is 0 Å². The molecule has 1 aromatic rings. The lowest BCUT2D eigenvalue weighted by Gasteiger charge is -2.36. The summed E-state index contributed by atoms with van der Waals surface area (Å²) in [6.45, 7) is 1.66. The Balaban J connectivity index is 2.14. The van der Waals surface area contributed by atoms with Gasteiger partial charge in [-0.2, -0.15) is 0 Å². The van der Waals surface area contributed by atoms with Gasteiger partial charge in [0.05, 0.1) is 7.11 Å². The average molecular weight is 294 g/mol. The lowest BCUT2D eigenvalue weighted by atomic mass is 10.2. The van der Waals surface area contributed by atoms with Crippen LogP contribution in [0.25, 0.3) is 0 Å². The van der Waals surface area contributed by atoms with Crippen molar-refractivity contribution in [3.05, 3.63) is 29.8 Å². The molecule has 1 heterocycles. The van der Waals surface area contributed by atoms with Crippen LogP contribution < -0.4 is 4.74 Å². The first-order valence-corrected chi connectivity index (χ1v) is 7.86. The molecule has 1 saturated heterocycles. The highest BCUT2D eigenvalue weighted by atomic mass is 32.2. The number of likely N-dealkylation sites (N-methyl/N-ethyl adjacent to an activating group) is 1. The Hall–Kier alpha value is -1.20. The van der Waals surface area contributed by atoms with Crippen molar-refractivity contribution < 1.29 is 9.53 Å². The van der Waals surface area contributed by atoms with Gasteiger partial charge >= 0.3 is 0 Å². The molecule has 0 radical (unpaired) electrons. The molecule has 5 heteroatoms. The zero-order valence-corrected chi connectivity index (χ0v) is 13.2. The summed E-state index contributed by atoms with van der Waals surface area (Å²) in [5.41, 5.74) is 1.17. The third-order valence-corrected chi connectivity index (χ3v) is 4.67. The smallest absolute Gasteiger partial charge is 0.224 e. The van der Waals surface area contributed by atoms with Crippen LogP contribution in [-0.4, -0.2) is 55.8 Å². The van der Waals surface area contributed by atoms with Gasteiger partial charge in [0, 0.05) is 25.3 Å². The predicted molar refractivity (Wildman–Crippen MR) is 83.1 cm³/mol. The van der Waals surface area contributed by atoms with Gasteiger partial charge in [0.2, 0.25) is 5.91 Å². The van der Waals surface area contributed by atoms with Crippen LogP contribution >= 0.6 is 11.8 Å². The third-order valence-electron chi connectivity index (χ3n) is 3.38. The summed E-state index contributed by atoms with van der Waals surface area (Å²) in [7, 11) is 5.73. The highest BCUT2D eigenvalue weighted by Crippen LogP contribution is 2.37. The summed E-state index contributed by atoms with van der Waals surface area (Å²) in [6.07, 6.45) is 0.644. The summed E-state index contributed by atoms with van der Waals surface area (Å²) in [4.78, 5) is 16.3. The standard InChI is InChI=1S/C15H22N2O2S/c1-16(2)9-10-17-14(18)8-11-20-15(17)12-4-6-13(19-3)7-5-12/h4-7,15H,8-11H2,1-3H3. The van der Waals surface area contributed by atoms with Crippen molar-refractivity contribution in [2.75, 3.05) is 40.0 Å². The molecule has 1 aromatic carbocycles. The maximum atomic E-state index is 12.2. The predicted octanol–water partition coefficient (Wildman–Crippen LogP) is 2.22. The van der Waals surface area contributed by atoms with Crippen LogP contribution in [0.1, 0.15) is 17.4 Å². The van der Waals surface area contributed by atoms with E-state index in [9.17, 15) is 4.79 Å². The molecule has 0 aliphatic carbocycles. The number of thioether (sulfide) groups is 1. The Morgan fingerprint density at radius 2 is 2.05 bits per heavy atom. The van der Waals surface area contributed by atoms with Crippen molar-refractivity contribution in [2.45, 2.75) is 11.8 Å². The SMILES string of the molecule is COc1ccc(C2SCCC(=O)N2CCN(C)C)cc1. The molecule has 1 atom stereocenters. The van der Waals surface area contributed by atoms with E-state index in [2.05, 4.69) is 17.0 Å². The van der Waals surface area contributed by atoms with E-state index in [1.165, 1.54) is 5.56 Å². The van der Waals surface area contributed by atoms with E-state index in [0.29, 0.717) is 6.42 Å². The molecule has 1 aliphatic heterocycles. The molecule has 1 amide bonds. The van der Waals surface area contributed by atoms with Crippen molar-refractivity contribution >= 4 is 17.7 Å². The number of nitrogens with zero attached hydrogens (tertiary/aromatic N) is 2. The second-order valence-electron chi connectivity index (χ2n) is 5.14. The zero-order chi connectivity index (χ0) is 14.5. The van der Waals surface area contributed by atoms with Gasteiger partial charge in [0.25, 0.3) is 0 Å². The Kier molecular flexibility index (Phi) is 5.31. The largest absolute Gasteiger partial charge is 0.497 e. The topological polar surface area (TPSA) is 32.8 Å². The zero-order valence-electron chi connectivity index (χ0n) is 12.3. The number of ether oxygens (including phenoxy) is 1. The van der Waals surface area contributed by atoms with Crippen LogP contribution in [0.4, 0.5) is 0 Å². The molecule has 4 nitrogen and oxygen atoms in total. The number of hydrogen-bond donors (Lipinski definition) is 0. The minimum absolute atomic E-state index is 0.127. The van der Waals surface area contributed by atoms with Crippen LogP contribution in [0.3, 0.4) is 0 Å². The van der Waals surface area contributed by atoms with Crippen molar-refractivity contribution in [1.29, 1.82) is 0 Å². The molecule has 2 rings (SSSR count). The minimum atomic E-state index is 0.127. The van der Waals surface area contributed by atoms with Gasteiger partial charge in [0.15, 0.2) is 0 Å². The van der Waals surface area contributed by atoms with Gasteiger partial charge in [-0.05, 0) is 31.8 Å². The van der Waals surface area contributed by atoms with E-state index in [4.69, 9.17) is 4.74 Å².